The van der Waals surface area contributed by atoms with Gasteiger partial charge < -0.3 is 9.73 Å². The number of furan rings is 1. The van der Waals surface area contributed by atoms with Crippen molar-refractivity contribution < 1.29 is 4.42 Å². The highest BCUT2D eigenvalue weighted by Gasteiger charge is 2.24. The van der Waals surface area contributed by atoms with E-state index in [1.54, 1.807) is 0 Å². The molecule has 1 atom stereocenters. The normalized spacial score (nSPS) is 14.9. The van der Waals surface area contributed by atoms with Gasteiger partial charge in [-0.15, -0.1) is 0 Å². The van der Waals surface area contributed by atoms with Crippen LogP contribution in [-0.4, -0.2) is 16.7 Å². The molecule has 0 fully saturated rings. The SMILES string of the molecule is c1ccc(C2=NC(c3ccc(-c4nccc5oc6cc7ccccc7cc6c45)c4ccccc34)NC(c3ccccc3)=N2)cc1. The van der Waals surface area contributed by atoms with Crippen LogP contribution < -0.4 is 5.32 Å². The van der Waals surface area contributed by atoms with Gasteiger partial charge in [0.25, 0.3) is 0 Å². The standard InChI is InChI=1S/C40H26N4O/c1-3-11-25(12-4-1)38-42-39(26-13-5-2-6-14-26)44-40(43-38)32-20-19-31(29-17-9-10-18-30(29)32)37-36-33-23-27-15-7-8-16-28(27)24-35(33)45-34(36)21-22-41-37/h1-24,40H,(H,42,43,44). The Labute approximate surface area is 259 Å². The molecule has 0 saturated heterocycles. The van der Waals surface area contributed by atoms with Crippen LogP contribution in [0.4, 0.5) is 0 Å². The van der Waals surface area contributed by atoms with Gasteiger partial charge in [0.2, 0.25) is 0 Å². The number of amidine groups is 2. The molecular weight excluding hydrogens is 552 g/mol. The summed E-state index contributed by atoms with van der Waals surface area (Å²) < 4.78 is 6.38. The number of rotatable bonds is 4. The van der Waals surface area contributed by atoms with Crippen LogP contribution >= 0.6 is 0 Å². The fourth-order valence-corrected chi connectivity index (χ4v) is 6.45. The highest BCUT2D eigenvalue weighted by atomic mass is 16.3. The largest absolute Gasteiger partial charge is 0.456 e. The van der Waals surface area contributed by atoms with Gasteiger partial charge in [0, 0.05) is 33.8 Å². The van der Waals surface area contributed by atoms with Gasteiger partial charge in [-0.25, -0.2) is 9.98 Å². The topological polar surface area (TPSA) is 62.8 Å². The van der Waals surface area contributed by atoms with E-state index < -0.39 is 0 Å². The van der Waals surface area contributed by atoms with Crippen LogP contribution in [0.1, 0.15) is 22.9 Å². The molecule has 5 nitrogen and oxygen atoms in total. The summed E-state index contributed by atoms with van der Waals surface area (Å²) in [7, 11) is 0. The number of nitrogens with zero attached hydrogens (tertiary/aromatic N) is 3. The zero-order chi connectivity index (χ0) is 29.7. The quantitative estimate of drug-likeness (QED) is 0.226. The van der Waals surface area contributed by atoms with Gasteiger partial charge in [-0.3, -0.25) is 4.98 Å². The summed E-state index contributed by atoms with van der Waals surface area (Å²) in [5.74, 6) is 1.50. The lowest BCUT2D eigenvalue weighted by atomic mass is 9.94. The number of pyridine rings is 1. The van der Waals surface area contributed by atoms with Crippen LogP contribution in [0.15, 0.2) is 160 Å². The molecule has 3 heterocycles. The Hall–Kier alpha value is -6.07. The Morgan fingerprint density at radius 1 is 0.578 bits per heavy atom. The van der Waals surface area contributed by atoms with E-state index in [-0.39, 0.29) is 6.17 Å². The molecular formula is C40H26N4O. The monoisotopic (exact) mass is 578 g/mol. The summed E-state index contributed by atoms with van der Waals surface area (Å²) in [6.45, 7) is 0. The smallest absolute Gasteiger partial charge is 0.159 e. The minimum atomic E-state index is -0.336. The third-order valence-corrected chi connectivity index (χ3v) is 8.58. The van der Waals surface area contributed by atoms with Crippen molar-refractivity contribution in [2.24, 2.45) is 9.98 Å². The lowest BCUT2D eigenvalue weighted by Gasteiger charge is -2.25. The minimum Gasteiger partial charge on any atom is -0.456 e. The van der Waals surface area contributed by atoms with E-state index in [0.717, 1.165) is 71.9 Å². The number of nitrogens with one attached hydrogen (secondary N) is 1. The second-order valence-corrected chi connectivity index (χ2v) is 11.3. The molecule has 9 rings (SSSR count). The summed E-state index contributed by atoms with van der Waals surface area (Å²) in [5, 5.41) is 10.3. The van der Waals surface area contributed by atoms with Crippen molar-refractivity contribution >= 4 is 55.2 Å². The molecule has 1 aliphatic rings. The van der Waals surface area contributed by atoms with Crippen molar-refractivity contribution in [3.05, 3.63) is 162 Å². The third kappa shape index (κ3) is 4.28. The molecule has 6 aromatic carbocycles. The van der Waals surface area contributed by atoms with Gasteiger partial charge in [-0.1, -0.05) is 121 Å². The fraction of sp³-hybridized carbons (Fsp3) is 0.0250. The zero-order valence-corrected chi connectivity index (χ0v) is 24.2. The van der Waals surface area contributed by atoms with Crippen molar-refractivity contribution in [3.8, 4) is 11.3 Å². The van der Waals surface area contributed by atoms with E-state index in [9.17, 15) is 0 Å². The molecule has 0 aliphatic carbocycles. The lowest BCUT2D eigenvalue weighted by Crippen LogP contribution is -2.33. The van der Waals surface area contributed by atoms with E-state index in [2.05, 4.69) is 102 Å². The molecule has 0 saturated carbocycles. The molecule has 1 N–H and O–H groups in total. The molecule has 5 heteroatoms. The van der Waals surface area contributed by atoms with Crippen molar-refractivity contribution in [2.45, 2.75) is 6.17 Å². The van der Waals surface area contributed by atoms with Crippen molar-refractivity contribution in [2.75, 3.05) is 0 Å². The Balaban J connectivity index is 1.23. The second-order valence-electron chi connectivity index (χ2n) is 11.3. The molecule has 0 spiro atoms. The number of aromatic nitrogens is 1. The predicted molar refractivity (Wildman–Crippen MR) is 184 cm³/mol. The molecule has 1 unspecified atom stereocenters. The maximum absolute atomic E-state index is 6.38. The first kappa shape index (κ1) is 25.4. The van der Waals surface area contributed by atoms with Crippen LogP contribution in [0.25, 0.3) is 54.7 Å². The van der Waals surface area contributed by atoms with Gasteiger partial charge in [0.1, 0.15) is 23.2 Å². The van der Waals surface area contributed by atoms with Gasteiger partial charge in [0.05, 0.1) is 11.1 Å². The van der Waals surface area contributed by atoms with Gasteiger partial charge in [0.15, 0.2) is 5.84 Å². The Bertz CT molecular complexity index is 2460. The van der Waals surface area contributed by atoms with Crippen molar-refractivity contribution in [3.63, 3.8) is 0 Å². The van der Waals surface area contributed by atoms with Crippen LogP contribution in [0, 0.1) is 0 Å². The Kier molecular flexibility index (Phi) is 5.81. The van der Waals surface area contributed by atoms with Gasteiger partial charge in [-0.2, -0.15) is 0 Å². The highest BCUT2D eigenvalue weighted by Crippen LogP contribution is 2.41. The molecule has 0 radical (unpaired) electrons. The maximum atomic E-state index is 6.38. The minimum absolute atomic E-state index is 0.336. The first-order chi connectivity index (χ1) is 22.3. The fourth-order valence-electron chi connectivity index (χ4n) is 6.45. The Morgan fingerprint density at radius 3 is 2.07 bits per heavy atom. The van der Waals surface area contributed by atoms with Crippen molar-refractivity contribution in [1.82, 2.24) is 10.3 Å². The number of aliphatic imine (C=N–C) groups is 2. The average molecular weight is 579 g/mol. The van der Waals surface area contributed by atoms with E-state index in [4.69, 9.17) is 19.4 Å². The number of fused-ring (bicyclic) bond motifs is 5. The summed E-state index contributed by atoms with van der Waals surface area (Å²) in [6.07, 6.45) is 1.50. The molecule has 2 aromatic heterocycles. The van der Waals surface area contributed by atoms with E-state index in [1.807, 2.05) is 48.7 Å². The highest BCUT2D eigenvalue weighted by molar-refractivity contribution is 6.17. The Morgan fingerprint density at radius 2 is 1.27 bits per heavy atom. The second kappa shape index (κ2) is 10.3. The van der Waals surface area contributed by atoms with Gasteiger partial charge >= 0.3 is 0 Å². The number of hydrogen-bond donors (Lipinski definition) is 1. The summed E-state index contributed by atoms with van der Waals surface area (Å²) in [6, 6.07) is 47.9. The van der Waals surface area contributed by atoms with Crippen LogP contribution in [0.5, 0.6) is 0 Å². The molecule has 212 valence electrons. The molecule has 0 amide bonds. The number of benzene rings is 6. The maximum Gasteiger partial charge on any atom is 0.159 e. The molecule has 45 heavy (non-hydrogen) atoms. The summed E-state index contributed by atoms with van der Waals surface area (Å²) in [4.78, 5) is 15.1. The molecule has 0 bridgehead atoms. The first-order valence-electron chi connectivity index (χ1n) is 15.1. The van der Waals surface area contributed by atoms with Gasteiger partial charge in [-0.05, 0) is 39.7 Å². The number of hydrogen-bond acceptors (Lipinski definition) is 5. The first-order valence-corrected chi connectivity index (χ1v) is 15.1. The molecule has 8 aromatic rings. The zero-order valence-electron chi connectivity index (χ0n) is 24.2. The lowest BCUT2D eigenvalue weighted by molar-refractivity contribution is 0.669. The molecule has 1 aliphatic heterocycles. The van der Waals surface area contributed by atoms with Crippen LogP contribution in [0.2, 0.25) is 0 Å². The third-order valence-electron chi connectivity index (χ3n) is 8.58. The van der Waals surface area contributed by atoms with E-state index >= 15 is 0 Å². The van der Waals surface area contributed by atoms with Crippen LogP contribution in [0.3, 0.4) is 0 Å². The summed E-state index contributed by atoms with van der Waals surface area (Å²) in [5.41, 5.74) is 6.71. The summed E-state index contributed by atoms with van der Waals surface area (Å²) >= 11 is 0. The van der Waals surface area contributed by atoms with E-state index in [1.165, 1.54) is 5.39 Å². The van der Waals surface area contributed by atoms with Crippen molar-refractivity contribution in [1.29, 1.82) is 0 Å². The van der Waals surface area contributed by atoms with Crippen LogP contribution in [-0.2, 0) is 0 Å². The van der Waals surface area contributed by atoms with E-state index in [0.29, 0.717) is 5.84 Å². The predicted octanol–water partition coefficient (Wildman–Crippen LogP) is 9.45. The average Bonchev–Trinajstić information content (AvgIpc) is 3.48.